The van der Waals surface area contributed by atoms with Crippen molar-refractivity contribution in [3.05, 3.63) is 51.8 Å². The number of anilines is 1. The number of carbonyl (C=O) groups excluding carboxylic acids is 1. The molecule has 0 unspecified atom stereocenters. The van der Waals surface area contributed by atoms with Gasteiger partial charge in [0.1, 0.15) is 11.4 Å². The molecule has 104 valence electrons. The smallest absolute Gasteiger partial charge is 0.287 e. The molecule has 2 aromatic rings. The molecule has 0 saturated carbocycles. The lowest BCUT2D eigenvalue weighted by Crippen LogP contribution is -2.15. The van der Waals surface area contributed by atoms with Gasteiger partial charge in [0.05, 0.1) is 16.8 Å². The Kier molecular flexibility index (Phi) is 3.43. The second kappa shape index (κ2) is 5.04. The third-order valence-corrected chi connectivity index (χ3v) is 2.84. The molecule has 1 aromatic carbocycles. The second-order valence-electron chi connectivity index (χ2n) is 4.43. The SMILES string of the molecule is Cc1ccc(NC(=O)c2cc([N+](=O)[O-])cn2C)c(O)c1. The van der Waals surface area contributed by atoms with Crippen LogP contribution in [0, 0.1) is 17.0 Å². The van der Waals surface area contributed by atoms with Crippen molar-refractivity contribution < 1.29 is 14.8 Å². The lowest BCUT2D eigenvalue weighted by Gasteiger charge is -2.08. The van der Waals surface area contributed by atoms with E-state index in [0.717, 1.165) is 5.56 Å². The summed E-state index contributed by atoms with van der Waals surface area (Å²) in [6.07, 6.45) is 1.25. The average molecular weight is 275 g/mol. The molecule has 0 fully saturated rings. The van der Waals surface area contributed by atoms with E-state index in [0.29, 0.717) is 0 Å². The Labute approximate surface area is 114 Å². The van der Waals surface area contributed by atoms with Crippen LogP contribution in [0.4, 0.5) is 11.4 Å². The van der Waals surface area contributed by atoms with Crippen molar-refractivity contribution in [2.45, 2.75) is 6.92 Å². The van der Waals surface area contributed by atoms with E-state index in [1.165, 1.54) is 29.9 Å². The highest BCUT2D eigenvalue weighted by Crippen LogP contribution is 2.25. The number of aromatic hydroxyl groups is 1. The molecule has 2 N–H and O–H groups in total. The maximum Gasteiger partial charge on any atom is 0.287 e. The van der Waals surface area contributed by atoms with Gasteiger partial charge < -0.3 is 15.0 Å². The number of nitrogens with zero attached hydrogens (tertiary/aromatic N) is 2. The summed E-state index contributed by atoms with van der Waals surface area (Å²) in [7, 11) is 1.54. The first-order valence-corrected chi connectivity index (χ1v) is 5.80. The van der Waals surface area contributed by atoms with E-state index in [9.17, 15) is 20.0 Å². The summed E-state index contributed by atoms with van der Waals surface area (Å²) in [6.45, 7) is 1.81. The molecular formula is C13H13N3O4. The van der Waals surface area contributed by atoms with Crippen LogP contribution in [0.15, 0.2) is 30.5 Å². The predicted molar refractivity (Wildman–Crippen MR) is 72.9 cm³/mol. The molecule has 20 heavy (non-hydrogen) atoms. The number of hydrogen-bond acceptors (Lipinski definition) is 4. The third-order valence-electron chi connectivity index (χ3n) is 2.84. The van der Waals surface area contributed by atoms with Crippen LogP contribution >= 0.6 is 0 Å². The van der Waals surface area contributed by atoms with Crippen molar-refractivity contribution in [1.29, 1.82) is 0 Å². The van der Waals surface area contributed by atoms with Crippen molar-refractivity contribution in [2.24, 2.45) is 7.05 Å². The molecule has 0 aliphatic carbocycles. The molecule has 1 amide bonds. The highest BCUT2D eigenvalue weighted by molar-refractivity contribution is 6.04. The molecule has 0 spiro atoms. The number of amides is 1. The van der Waals surface area contributed by atoms with E-state index < -0.39 is 10.8 Å². The maximum absolute atomic E-state index is 12.0. The zero-order chi connectivity index (χ0) is 14.9. The molecular weight excluding hydrogens is 262 g/mol. The zero-order valence-electron chi connectivity index (χ0n) is 11.0. The summed E-state index contributed by atoms with van der Waals surface area (Å²) in [5.41, 5.74) is 1.09. The Bertz CT molecular complexity index is 691. The van der Waals surface area contributed by atoms with Gasteiger partial charge in [-0.2, -0.15) is 0 Å². The molecule has 7 nitrogen and oxygen atoms in total. The zero-order valence-corrected chi connectivity index (χ0v) is 11.0. The van der Waals surface area contributed by atoms with Gasteiger partial charge in [-0.25, -0.2) is 0 Å². The Morgan fingerprint density at radius 2 is 2.10 bits per heavy atom. The molecule has 1 aromatic heterocycles. The fourth-order valence-electron chi connectivity index (χ4n) is 1.81. The topological polar surface area (TPSA) is 97.4 Å². The third kappa shape index (κ3) is 2.61. The second-order valence-corrected chi connectivity index (χ2v) is 4.43. The van der Waals surface area contributed by atoms with Gasteiger partial charge in [0.2, 0.25) is 0 Å². The van der Waals surface area contributed by atoms with Crippen LogP contribution in [0.1, 0.15) is 16.1 Å². The largest absolute Gasteiger partial charge is 0.506 e. The molecule has 0 aliphatic rings. The van der Waals surface area contributed by atoms with Gasteiger partial charge in [-0.05, 0) is 24.6 Å². The number of benzene rings is 1. The van der Waals surface area contributed by atoms with E-state index in [1.807, 2.05) is 6.92 Å². The number of phenols is 1. The van der Waals surface area contributed by atoms with Crippen LogP contribution in [-0.4, -0.2) is 20.5 Å². The van der Waals surface area contributed by atoms with E-state index >= 15 is 0 Å². The number of rotatable bonds is 3. The minimum atomic E-state index is -0.569. The molecule has 0 saturated heterocycles. The quantitative estimate of drug-likeness (QED) is 0.509. The number of aromatic nitrogens is 1. The van der Waals surface area contributed by atoms with Gasteiger partial charge >= 0.3 is 0 Å². The van der Waals surface area contributed by atoms with Gasteiger partial charge in [-0.15, -0.1) is 0 Å². The minimum Gasteiger partial charge on any atom is -0.506 e. The van der Waals surface area contributed by atoms with Crippen LogP contribution in [0.2, 0.25) is 0 Å². The first kappa shape index (κ1) is 13.6. The average Bonchev–Trinajstić information content (AvgIpc) is 2.75. The predicted octanol–water partition coefficient (Wildman–Crippen LogP) is 2.20. The molecule has 0 atom stereocenters. The van der Waals surface area contributed by atoms with Crippen LogP contribution < -0.4 is 5.32 Å². The molecule has 0 aliphatic heterocycles. The monoisotopic (exact) mass is 275 g/mol. The Hall–Kier alpha value is -2.83. The summed E-state index contributed by atoms with van der Waals surface area (Å²) in [5.74, 6) is -0.582. The van der Waals surface area contributed by atoms with E-state index in [1.54, 1.807) is 12.1 Å². The maximum atomic E-state index is 12.0. The first-order valence-electron chi connectivity index (χ1n) is 5.80. The van der Waals surface area contributed by atoms with Gasteiger partial charge in [-0.3, -0.25) is 14.9 Å². The summed E-state index contributed by atoms with van der Waals surface area (Å²) >= 11 is 0. The minimum absolute atomic E-state index is 0.0536. The normalized spacial score (nSPS) is 10.3. The van der Waals surface area contributed by atoms with Crippen molar-refractivity contribution in [3.63, 3.8) is 0 Å². The van der Waals surface area contributed by atoms with E-state index in [2.05, 4.69) is 5.32 Å². The van der Waals surface area contributed by atoms with E-state index in [-0.39, 0.29) is 22.8 Å². The Morgan fingerprint density at radius 3 is 2.65 bits per heavy atom. The summed E-state index contributed by atoms with van der Waals surface area (Å²) in [4.78, 5) is 22.1. The Morgan fingerprint density at radius 1 is 1.40 bits per heavy atom. The lowest BCUT2D eigenvalue weighted by atomic mass is 10.2. The van der Waals surface area contributed by atoms with Crippen LogP contribution in [0.3, 0.4) is 0 Å². The molecule has 1 heterocycles. The molecule has 2 rings (SSSR count). The highest BCUT2D eigenvalue weighted by Gasteiger charge is 2.18. The summed E-state index contributed by atoms with van der Waals surface area (Å²) < 4.78 is 1.36. The molecule has 0 radical (unpaired) electrons. The fraction of sp³-hybridized carbons (Fsp3) is 0.154. The van der Waals surface area contributed by atoms with Crippen molar-refractivity contribution >= 4 is 17.3 Å². The molecule has 0 bridgehead atoms. The van der Waals surface area contributed by atoms with Gasteiger partial charge in [0.15, 0.2) is 0 Å². The van der Waals surface area contributed by atoms with Crippen LogP contribution in [-0.2, 0) is 7.05 Å². The Balaban J connectivity index is 2.26. The number of nitro groups is 1. The van der Waals surface area contributed by atoms with Crippen LogP contribution in [0.5, 0.6) is 5.75 Å². The van der Waals surface area contributed by atoms with Gasteiger partial charge in [-0.1, -0.05) is 6.07 Å². The highest BCUT2D eigenvalue weighted by atomic mass is 16.6. The van der Waals surface area contributed by atoms with E-state index in [4.69, 9.17) is 0 Å². The fourth-order valence-corrected chi connectivity index (χ4v) is 1.81. The van der Waals surface area contributed by atoms with Crippen LogP contribution in [0.25, 0.3) is 0 Å². The van der Waals surface area contributed by atoms with Crippen molar-refractivity contribution in [3.8, 4) is 5.75 Å². The van der Waals surface area contributed by atoms with Crippen molar-refractivity contribution in [2.75, 3.05) is 5.32 Å². The number of aryl methyl sites for hydroxylation is 2. The number of nitrogens with one attached hydrogen (secondary N) is 1. The first-order chi connectivity index (χ1) is 9.38. The number of phenolic OH excluding ortho intramolecular Hbond substituents is 1. The summed E-state index contributed by atoms with van der Waals surface area (Å²) in [5, 5.41) is 22.9. The standard InChI is InChI=1S/C13H13N3O4/c1-8-3-4-10(12(17)5-8)14-13(18)11-6-9(16(19)20)7-15(11)2/h3-7,17H,1-2H3,(H,14,18). The van der Waals surface area contributed by atoms with Crippen molar-refractivity contribution in [1.82, 2.24) is 4.57 Å². The van der Waals surface area contributed by atoms with Gasteiger partial charge in [0, 0.05) is 13.1 Å². The number of hydrogen-bond donors (Lipinski definition) is 2. The lowest BCUT2D eigenvalue weighted by molar-refractivity contribution is -0.384. The van der Waals surface area contributed by atoms with Gasteiger partial charge in [0.25, 0.3) is 11.6 Å². The molecule has 7 heteroatoms. The number of carbonyl (C=O) groups is 1. The summed E-state index contributed by atoms with van der Waals surface area (Å²) in [6, 6.07) is 6.01.